The smallest absolute Gasteiger partial charge is 0.00464 e. The van der Waals surface area contributed by atoms with Crippen LogP contribution >= 0.6 is 0 Å². The molecule has 0 aromatic heterocycles. The fourth-order valence-corrected chi connectivity index (χ4v) is 6.23. The van der Waals surface area contributed by atoms with Gasteiger partial charge in [0.15, 0.2) is 0 Å². The summed E-state index contributed by atoms with van der Waals surface area (Å²) >= 11 is 0. The summed E-state index contributed by atoms with van der Waals surface area (Å²) in [6.45, 7) is 1.19. The van der Waals surface area contributed by atoms with Gasteiger partial charge in [0, 0.05) is 0 Å². The molecule has 0 saturated heterocycles. The first kappa shape index (κ1) is 12.9. The van der Waals surface area contributed by atoms with Gasteiger partial charge in [-0.3, -0.25) is 0 Å². The molecule has 108 valence electrons. The van der Waals surface area contributed by atoms with E-state index in [4.69, 9.17) is 0 Å². The highest BCUT2D eigenvalue weighted by molar-refractivity contribution is 5.27. The first-order valence-corrected chi connectivity index (χ1v) is 8.50. The summed E-state index contributed by atoms with van der Waals surface area (Å²) in [5, 5.41) is 3.41. The first-order valence-electron chi connectivity index (χ1n) is 8.50. The van der Waals surface area contributed by atoms with Crippen LogP contribution in [0, 0.1) is 23.2 Å². The standard InChI is InChI=1S/C19H27N/c1-20-8-7-19-12-14-9-15(13-19)11-17(10-14)18(19)16-5-3-2-4-6-16/h2-6,14-15,17-18,20H,7-13H2,1H3/t14-,15-,17?,18+,19?/m0/s1. The number of benzene rings is 1. The molecule has 4 bridgehead atoms. The van der Waals surface area contributed by atoms with Crippen LogP contribution in [0.15, 0.2) is 30.3 Å². The Hall–Kier alpha value is -0.820. The van der Waals surface area contributed by atoms with Crippen molar-refractivity contribution < 1.29 is 0 Å². The average Bonchev–Trinajstić information content (AvgIpc) is 2.45. The molecule has 20 heavy (non-hydrogen) atoms. The van der Waals surface area contributed by atoms with E-state index in [-0.39, 0.29) is 0 Å². The molecule has 4 aliphatic rings. The summed E-state index contributed by atoms with van der Waals surface area (Å²) in [6.07, 6.45) is 8.95. The van der Waals surface area contributed by atoms with Crippen LogP contribution in [0.2, 0.25) is 0 Å². The Balaban J connectivity index is 1.71. The third-order valence-corrected chi connectivity index (χ3v) is 6.49. The van der Waals surface area contributed by atoms with Gasteiger partial charge in [-0.25, -0.2) is 0 Å². The Morgan fingerprint density at radius 2 is 1.75 bits per heavy atom. The predicted octanol–water partition coefficient (Wildman–Crippen LogP) is 4.21. The Morgan fingerprint density at radius 3 is 2.40 bits per heavy atom. The van der Waals surface area contributed by atoms with E-state index >= 15 is 0 Å². The van der Waals surface area contributed by atoms with Crippen LogP contribution in [0.25, 0.3) is 0 Å². The zero-order valence-electron chi connectivity index (χ0n) is 12.6. The molecule has 0 aliphatic heterocycles. The molecular weight excluding hydrogens is 242 g/mol. The van der Waals surface area contributed by atoms with E-state index in [9.17, 15) is 0 Å². The van der Waals surface area contributed by atoms with Gasteiger partial charge in [0.25, 0.3) is 0 Å². The summed E-state index contributed by atoms with van der Waals surface area (Å²) < 4.78 is 0. The SMILES string of the molecule is CNCCC12C[C@@H]3CC(C[C@H](C3)C1)[C@H]2c1ccccc1. The minimum Gasteiger partial charge on any atom is -0.320 e. The van der Waals surface area contributed by atoms with Gasteiger partial charge in [-0.15, -0.1) is 0 Å². The molecule has 0 spiro atoms. The molecule has 4 fully saturated rings. The quantitative estimate of drug-likeness (QED) is 0.863. The second kappa shape index (κ2) is 4.87. The third-order valence-electron chi connectivity index (χ3n) is 6.49. The van der Waals surface area contributed by atoms with Crippen LogP contribution in [0.3, 0.4) is 0 Å². The zero-order valence-corrected chi connectivity index (χ0v) is 12.6. The van der Waals surface area contributed by atoms with E-state index in [1.54, 1.807) is 12.0 Å². The molecule has 0 unspecified atom stereocenters. The van der Waals surface area contributed by atoms with E-state index in [0.29, 0.717) is 5.41 Å². The lowest BCUT2D eigenvalue weighted by Gasteiger charge is -2.62. The maximum Gasteiger partial charge on any atom is -0.00464 e. The molecule has 4 saturated carbocycles. The van der Waals surface area contributed by atoms with Gasteiger partial charge in [-0.2, -0.15) is 0 Å². The van der Waals surface area contributed by atoms with Gasteiger partial charge < -0.3 is 5.32 Å². The van der Waals surface area contributed by atoms with Gasteiger partial charge in [-0.05, 0) is 86.8 Å². The molecule has 1 aromatic carbocycles. The van der Waals surface area contributed by atoms with Gasteiger partial charge in [-0.1, -0.05) is 30.3 Å². The maximum atomic E-state index is 3.41. The minimum atomic E-state index is 0.610. The molecule has 4 aliphatic carbocycles. The lowest BCUT2D eigenvalue weighted by Crippen LogP contribution is -2.52. The van der Waals surface area contributed by atoms with E-state index in [0.717, 1.165) is 23.7 Å². The second-order valence-corrected chi connectivity index (χ2v) is 7.71. The fraction of sp³-hybridized carbons (Fsp3) is 0.684. The maximum absolute atomic E-state index is 3.41. The number of hydrogen-bond donors (Lipinski definition) is 1. The molecule has 0 amide bonds. The van der Waals surface area contributed by atoms with Crippen LogP contribution < -0.4 is 5.32 Å². The zero-order chi connectivity index (χ0) is 13.6. The molecule has 1 aromatic rings. The normalized spacial score (nSPS) is 42.0. The van der Waals surface area contributed by atoms with Crippen molar-refractivity contribution in [1.29, 1.82) is 0 Å². The van der Waals surface area contributed by atoms with Gasteiger partial charge >= 0.3 is 0 Å². The van der Waals surface area contributed by atoms with Gasteiger partial charge in [0.2, 0.25) is 0 Å². The number of rotatable bonds is 4. The van der Waals surface area contributed by atoms with E-state index < -0.39 is 0 Å². The molecule has 1 N–H and O–H groups in total. The molecule has 0 heterocycles. The minimum absolute atomic E-state index is 0.610. The molecule has 1 nitrogen and oxygen atoms in total. The Labute approximate surface area is 123 Å². The van der Waals surface area contributed by atoms with Crippen molar-refractivity contribution in [2.24, 2.45) is 23.2 Å². The van der Waals surface area contributed by atoms with E-state index in [2.05, 4.69) is 42.7 Å². The highest BCUT2D eigenvalue weighted by atomic mass is 14.8. The second-order valence-electron chi connectivity index (χ2n) is 7.71. The van der Waals surface area contributed by atoms with Crippen LogP contribution in [-0.2, 0) is 0 Å². The van der Waals surface area contributed by atoms with Crippen molar-refractivity contribution in [3.63, 3.8) is 0 Å². The monoisotopic (exact) mass is 269 g/mol. The van der Waals surface area contributed by atoms with Crippen LogP contribution in [0.1, 0.15) is 50.0 Å². The molecule has 3 atom stereocenters. The summed E-state index contributed by atoms with van der Waals surface area (Å²) in [5.41, 5.74) is 2.24. The highest BCUT2D eigenvalue weighted by Crippen LogP contribution is 2.67. The summed E-state index contributed by atoms with van der Waals surface area (Å²) in [4.78, 5) is 0. The Morgan fingerprint density at radius 1 is 1.05 bits per heavy atom. The van der Waals surface area contributed by atoms with E-state index in [1.807, 2.05) is 0 Å². The van der Waals surface area contributed by atoms with E-state index in [1.165, 1.54) is 38.6 Å². The highest BCUT2D eigenvalue weighted by Gasteiger charge is 2.56. The molecule has 0 radical (unpaired) electrons. The Bertz CT molecular complexity index is 452. The molecular formula is C19H27N. The fourth-order valence-electron chi connectivity index (χ4n) is 6.23. The molecule has 5 rings (SSSR count). The lowest BCUT2D eigenvalue weighted by molar-refractivity contribution is -0.0794. The topological polar surface area (TPSA) is 12.0 Å². The summed E-state index contributed by atoms with van der Waals surface area (Å²) in [6, 6.07) is 11.4. The van der Waals surface area contributed by atoms with Crippen molar-refractivity contribution in [2.75, 3.05) is 13.6 Å². The van der Waals surface area contributed by atoms with Crippen molar-refractivity contribution >= 4 is 0 Å². The van der Waals surface area contributed by atoms with Crippen LogP contribution in [0.5, 0.6) is 0 Å². The van der Waals surface area contributed by atoms with Crippen LogP contribution in [0.4, 0.5) is 0 Å². The number of hydrogen-bond acceptors (Lipinski definition) is 1. The van der Waals surface area contributed by atoms with Crippen molar-refractivity contribution in [1.82, 2.24) is 5.32 Å². The summed E-state index contributed by atoms with van der Waals surface area (Å²) in [7, 11) is 2.11. The van der Waals surface area contributed by atoms with Crippen molar-refractivity contribution in [3.05, 3.63) is 35.9 Å². The third kappa shape index (κ3) is 1.94. The summed E-state index contributed by atoms with van der Waals surface area (Å²) in [5.74, 6) is 3.90. The first-order chi connectivity index (χ1) is 9.81. The van der Waals surface area contributed by atoms with Gasteiger partial charge in [0.1, 0.15) is 0 Å². The average molecular weight is 269 g/mol. The van der Waals surface area contributed by atoms with Crippen molar-refractivity contribution in [3.8, 4) is 0 Å². The number of nitrogens with one attached hydrogen (secondary N) is 1. The Kier molecular flexibility index (Phi) is 3.14. The largest absolute Gasteiger partial charge is 0.320 e. The lowest BCUT2D eigenvalue weighted by atomic mass is 9.43. The van der Waals surface area contributed by atoms with Crippen molar-refractivity contribution in [2.45, 2.75) is 44.4 Å². The predicted molar refractivity (Wildman–Crippen MR) is 83.7 cm³/mol. The van der Waals surface area contributed by atoms with Crippen LogP contribution in [-0.4, -0.2) is 13.6 Å². The molecule has 1 heteroatoms. The van der Waals surface area contributed by atoms with Gasteiger partial charge in [0.05, 0.1) is 0 Å².